The Morgan fingerprint density at radius 1 is 1.48 bits per heavy atom. The van der Waals surface area contributed by atoms with E-state index in [4.69, 9.17) is 22.7 Å². The Bertz CT molecular complexity index is 644. The zero-order valence-electron chi connectivity index (χ0n) is 12.1. The van der Waals surface area contributed by atoms with Crippen LogP contribution in [0.2, 0.25) is 0 Å². The van der Waals surface area contributed by atoms with Gasteiger partial charge in [0.2, 0.25) is 10.0 Å². The summed E-state index contributed by atoms with van der Waals surface area (Å²) in [7, 11) is -3.55. The van der Waals surface area contributed by atoms with Crippen LogP contribution in [0.3, 0.4) is 0 Å². The molecule has 2 rings (SSSR count). The molecular formula is C14H20N2O3S2. The van der Waals surface area contributed by atoms with Gasteiger partial charge in [0.15, 0.2) is 0 Å². The van der Waals surface area contributed by atoms with Gasteiger partial charge in [0.05, 0.1) is 11.0 Å². The van der Waals surface area contributed by atoms with Gasteiger partial charge in [0.1, 0.15) is 4.99 Å². The molecule has 2 unspecified atom stereocenters. The lowest BCUT2D eigenvalue weighted by Crippen LogP contribution is -2.41. The standard InChI is InChI=1S/C14H20N2O3S2/c1-9-7-11(14(15)20)3-4-13(9)21(17,18)16-12-5-6-19-10(2)8-12/h3-4,7,10,12,16H,5-6,8H2,1-2H3,(H2,15,20). The summed E-state index contributed by atoms with van der Waals surface area (Å²) >= 11 is 4.90. The molecule has 0 spiro atoms. The lowest BCUT2D eigenvalue weighted by molar-refractivity contribution is 0.0173. The second-order valence-corrected chi connectivity index (χ2v) is 7.49. The van der Waals surface area contributed by atoms with Crippen LogP contribution in [0.4, 0.5) is 0 Å². The fraction of sp³-hybridized carbons (Fsp3) is 0.500. The number of ether oxygens (including phenoxy) is 1. The van der Waals surface area contributed by atoms with E-state index in [1.54, 1.807) is 25.1 Å². The smallest absolute Gasteiger partial charge is 0.241 e. The first-order valence-electron chi connectivity index (χ1n) is 6.84. The van der Waals surface area contributed by atoms with Crippen LogP contribution in [0.25, 0.3) is 0 Å². The fourth-order valence-corrected chi connectivity index (χ4v) is 4.13. The highest BCUT2D eigenvalue weighted by Crippen LogP contribution is 2.20. The van der Waals surface area contributed by atoms with Crippen LogP contribution in [0.5, 0.6) is 0 Å². The maximum absolute atomic E-state index is 12.5. The van der Waals surface area contributed by atoms with Crippen LogP contribution in [0, 0.1) is 6.92 Å². The maximum atomic E-state index is 12.5. The quantitative estimate of drug-likeness (QED) is 0.818. The summed E-state index contributed by atoms with van der Waals surface area (Å²) in [5.41, 5.74) is 6.86. The summed E-state index contributed by atoms with van der Waals surface area (Å²) in [5.74, 6) is 0. The first-order chi connectivity index (χ1) is 9.79. The zero-order chi connectivity index (χ0) is 15.6. The molecule has 1 saturated heterocycles. The van der Waals surface area contributed by atoms with Gasteiger partial charge in [-0.1, -0.05) is 18.3 Å². The molecule has 3 N–H and O–H groups in total. The van der Waals surface area contributed by atoms with Crippen LogP contribution in [0.15, 0.2) is 23.1 Å². The number of hydrogen-bond acceptors (Lipinski definition) is 4. The van der Waals surface area contributed by atoms with Crippen molar-refractivity contribution in [3.05, 3.63) is 29.3 Å². The normalized spacial score (nSPS) is 23.0. The Morgan fingerprint density at radius 2 is 2.19 bits per heavy atom. The van der Waals surface area contributed by atoms with Gasteiger partial charge in [-0.2, -0.15) is 0 Å². The zero-order valence-corrected chi connectivity index (χ0v) is 13.8. The summed E-state index contributed by atoms with van der Waals surface area (Å²) in [5, 5.41) is 0. The van der Waals surface area contributed by atoms with Crippen LogP contribution in [0.1, 0.15) is 30.9 Å². The largest absolute Gasteiger partial charge is 0.389 e. The number of nitrogens with two attached hydrogens (primary N) is 1. The predicted molar refractivity (Wildman–Crippen MR) is 85.8 cm³/mol. The molecule has 1 fully saturated rings. The van der Waals surface area contributed by atoms with E-state index in [0.29, 0.717) is 30.6 Å². The lowest BCUT2D eigenvalue weighted by atomic mass is 10.1. The molecule has 0 amide bonds. The Balaban J connectivity index is 2.21. The van der Waals surface area contributed by atoms with Crippen molar-refractivity contribution in [1.82, 2.24) is 4.72 Å². The van der Waals surface area contributed by atoms with Crippen LogP contribution >= 0.6 is 12.2 Å². The molecule has 1 aliphatic heterocycles. The lowest BCUT2D eigenvalue weighted by Gasteiger charge is -2.28. The van der Waals surface area contributed by atoms with Gasteiger partial charge in [-0.15, -0.1) is 0 Å². The Kier molecular flexibility index (Phi) is 4.98. The number of hydrogen-bond donors (Lipinski definition) is 2. The second kappa shape index (κ2) is 6.39. The van der Waals surface area contributed by atoms with Crippen molar-refractivity contribution >= 4 is 27.2 Å². The molecule has 2 atom stereocenters. The maximum Gasteiger partial charge on any atom is 0.241 e. The first kappa shape index (κ1) is 16.4. The second-order valence-electron chi connectivity index (χ2n) is 5.37. The molecule has 0 radical (unpaired) electrons. The van der Waals surface area contributed by atoms with E-state index in [2.05, 4.69) is 4.72 Å². The Labute approximate surface area is 130 Å². The molecule has 7 heteroatoms. The Hall–Kier alpha value is -1.02. The van der Waals surface area contributed by atoms with E-state index >= 15 is 0 Å². The van der Waals surface area contributed by atoms with Crippen LogP contribution in [-0.4, -0.2) is 32.2 Å². The van der Waals surface area contributed by atoms with Crippen LogP contribution < -0.4 is 10.5 Å². The van der Waals surface area contributed by atoms with E-state index in [0.717, 1.165) is 0 Å². The number of thiocarbonyl (C=S) groups is 1. The first-order valence-corrected chi connectivity index (χ1v) is 8.73. The van der Waals surface area contributed by atoms with Gasteiger partial charge in [-0.05, 0) is 44.4 Å². The van der Waals surface area contributed by atoms with E-state index < -0.39 is 10.0 Å². The van der Waals surface area contributed by atoms with Gasteiger partial charge in [0.25, 0.3) is 0 Å². The molecule has 0 bridgehead atoms. The summed E-state index contributed by atoms with van der Waals surface area (Å²) in [6, 6.07) is 4.79. The third-order valence-electron chi connectivity index (χ3n) is 3.56. The van der Waals surface area contributed by atoms with Crippen molar-refractivity contribution in [1.29, 1.82) is 0 Å². The number of aryl methyl sites for hydroxylation is 1. The monoisotopic (exact) mass is 328 g/mol. The summed E-state index contributed by atoms with van der Waals surface area (Å²) < 4.78 is 33.2. The molecule has 5 nitrogen and oxygen atoms in total. The molecule has 1 aromatic rings. The number of sulfonamides is 1. The summed E-state index contributed by atoms with van der Waals surface area (Å²) in [6.07, 6.45) is 1.45. The van der Waals surface area contributed by atoms with Crippen molar-refractivity contribution in [2.75, 3.05) is 6.61 Å². The topological polar surface area (TPSA) is 81.4 Å². The van der Waals surface area contributed by atoms with Gasteiger partial charge in [-0.25, -0.2) is 13.1 Å². The van der Waals surface area contributed by atoms with E-state index in [9.17, 15) is 8.42 Å². The molecule has 1 aromatic carbocycles. The van der Waals surface area contributed by atoms with Gasteiger partial charge < -0.3 is 10.5 Å². The van der Waals surface area contributed by atoms with Crippen molar-refractivity contribution in [3.8, 4) is 0 Å². The highest BCUT2D eigenvalue weighted by atomic mass is 32.2. The number of nitrogens with one attached hydrogen (secondary N) is 1. The van der Waals surface area contributed by atoms with E-state index in [-0.39, 0.29) is 22.0 Å². The Morgan fingerprint density at radius 3 is 2.76 bits per heavy atom. The molecular weight excluding hydrogens is 308 g/mol. The average molecular weight is 328 g/mol. The average Bonchev–Trinajstić information content (AvgIpc) is 2.37. The SMILES string of the molecule is Cc1cc(C(N)=S)ccc1S(=O)(=O)NC1CCOC(C)C1. The molecule has 0 saturated carbocycles. The highest BCUT2D eigenvalue weighted by Gasteiger charge is 2.26. The molecule has 1 aliphatic rings. The predicted octanol–water partition coefficient (Wildman–Crippen LogP) is 1.48. The third-order valence-corrected chi connectivity index (χ3v) is 5.47. The third kappa shape index (κ3) is 4.00. The van der Waals surface area contributed by atoms with Crippen molar-refractivity contribution in [3.63, 3.8) is 0 Å². The minimum absolute atomic E-state index is 0.0736. The molecule has 116 valence electrons. The van der Waals surface area contributed by atoms with Crippen molar-refractivity contribution < 1.29 is 13.2 Å². The van der Waals surface area contributed by atoms with Crippen LogP contribution in [-0.2, 0) is 14.8 Å². The van der Waals surface area contributed by atoms with Crippen molar-refractivity contribution in [2.45, 2.75) is 43.7 Å². The van der Waals surface area contributed by atoms with Gasteiger partial charge in [-0.3, -0.25) is 0 Å². The van der Waals surface area contributed by atoms with E-state index in [1.165, 1.54) is 0 Å². The number of rotatable bonds is 4. The van der Waals surface area contributed by atoms with Crippen molar-refractivity contribution in [2.24, 2.45) is 5.73 Å². The minimum atomic E-state index is -3.55. The minimum Gasteiger partial charge on any atom is -0.389 e. The fourth-order valence-electron chi connectivity index (χ4n) is 2.49. The molecule has 21 heavy (non-hydrogen) atoms. The van der Waals surface area contributed by atoms with E-state index in [1.807, 2.05) is 6.92 Å². The summed E-state index contributed by atoms with van der Waals surface area (Å²) in [4.78, 5) is 0.523. The van der Waals surface area contributed by atoms with Gasteiger partial charge in [0, 0.05) is 18.2 Å². The highest BCUT2D eigenvalue weighted by molar-refractivity contribution is 7.89. The number of benzene rings is 1. The molecule has 0 aromatic heterocycles. The van der Waals surface area contributed by atoms with Gasteiger partial charge >= 0.3 is 0 Å². The molecule has 0 aliphatic carbocycles. The molecule has 1 heterocycles. The summed E-state index contributed by atoms with van der Waals surface area (Å²) in [6.45, 7) is 4.26.